The number of fused-ring (bicyclic) bond motifs is 2. The third-order valence-corrected chi connectivity index (χ3v) is 3.82. The summed E-state index contributed by atoms with van der Waals surface area (Å²) in [5.74, 6) is -0.469. The maximum absolute atomic E-state index is 12.3. The van der Waals surface area contributed by atoms with Gasteiger partial charge in [-0.15, -0.1) is 0 Å². The fraction of sp³-hybridized carbons (Fsp3) is 0.0588. The topological polar surface area (TPSA) is 81.4 Å². The lowest BCUT2D eigenvalue weighted by Gasteiger charge is -2.08. The quantitative estimate of drug-likeness (QED) is 0.787. The van der Waals surface area contributed by atoms with E-state index in [1.54, 1.807) is 18.2 Å². The Morgan fingerprint density at radius 3 is 2.86 bits per heavy atom. The van der Waals surface area contributed by atoms with Crippen molar-refractivity contribution in [1.29, 1.82) is 0 Å². The molecule has 2 amide bonds. The molecule has 0 spiro atoms. The van der Waals surface area contributed by atoms with Crippen molar-refractivity contribution in [2.24, 2.45) is 5.73 Å². The Balaban J connectivity index is 1.98. The Morgan fingerprint density at radius 2 is 2.05 bits per heavy atom. The van der Waals surface area contributed by atoms with E-state index >= 15 is 0 Å². The van der Waals surface area contributed by atoms with Gasteiger partial charge < -0.3 is 15.8 Å². The van der Waals surface area contributed by atoms with Crippen LogP contribution in [0, 0.1) is 6.07 Å². The van der Waals surface area contributed by atoms with E-state index in [1.165, 1.54) is 0 Å². The summed E-state index contributed by atoms with van der Waals surface area (Å²) < 4.78 is 5.73. The van der Waals surface area contributed by atoms with Crippen LogP contribution in [-0.4, -0.2) is 11.8 Å². The van der Waals surface area contributed by atoms with Crippen LogP contribution in [0.2, 0.25) is 0 Å². The number of hydrogen-bond acceptors (Lipinski definition) is 3. The second-order valence-electron chi connectivity index (χ2n) is 5.12. The highest BCUT2D eigenvalue weighted by molar-refractivity contribution is 6.36. The van der Waals surface area contributed by atoms with E-state index in [2.05, 4.69) is 11.4 Å². The molecular weight excluding hydrogens is 280 g/mol. The molecule has 0 aliphatic carbocycles. The SMILES string of the molecule is NC(=O)C1OC(=C2C(=O)Nc3ccccc32)c2c[c]ccc21. The van der Waals surface area contributed by atoms with E-state index in [0.717, 1.165) is 11.3 Å². The van der Waals surface area contributed by atoms with Crippen LogP contribution in [0.5, 0.6) is 0 Å². The van der Waals surface area contributed by atoms with Crippen LogP contribution >= 0.6 is 0 Å². The van der Waals surface area contributed by atoms with Gasteiger partial charge in [-0.3, -0.25) is 9.59 Å². The van der Waals surface area contributed by atoms with Crippen molar-refractivity contribution < 1.29 is 14.3 Å². The molecule has 1 unspecified atom stereocenters. The normalized spacial score (nSPS) is 21.8. The van der Waals surface area contributed by atoms with Crippen molar-refractivity contribution in [3.63, 3.8) is 0 Å². The van der Waals surface area contributed by atoms with Gasteiger partial charge in [0.15, 0.2) is 0 Å². The molecule has 5 heteroatoms. The maximum Gasteiger partial charge on any atom is 0.263 e. The standard InChI is InChI=1S/C17H11N2O3/c18-16(20)15-10-6-2-1-5-9(10)14(22-15)13-11-7-3-4-8-12(11)19-17(13)21/h2-8,15H,(H2,18,20)(H,19,21). The monoisotopic (exact) mass is 291 g/mol. The summed E-state index contributed by atoms with van der Waals surface area (Å²) >= 11 is 0. The second kappa shape index (κ2) is 4.46. The number of hydrogen-bond donors (Lipinski definition) is 2. The Labute approximate surface area is 126 Å². The van der Waals surface area contributed by atoms with Crippen LogP contribution in [0.1, 0.15) is 22.8 Å². The Kier molecular flexibility index (Phi) is 2.56. The summed E-state index contributed by atoms with van der Waals surface area (Å²) in [6.45, 7) is 0. The average Bonchev–Trinajstić information content (AvgIpc) is 3.04. The molecule has 2 heterocycles. The molecule has 107 valence electrons. The number of benzene rings is 2. The summed E-state index contributed by atoms with van der Waals surface area (Å²) in [6.07, 6.45) is -0.882. The first-order valence-electron chi connectivity index (χ1n) is 6.78. The summed E-state index contributed by atoms with van der Waals surface area (Å²) in [5.41, 5.74) is 8.63. The van der Waals surface area contributed by atoms with E-state index < -0.39 is 12.0 Å². The molecule has 2 aliphatic heterocycles. The molecule has 0 aromatic heterocycles. The van der Waals surface area contributed by atoms with Crippen LogP contribution in [-0.2, 0) is 14.3 Å². The molecule has 2 aromatic carbocycles. The number of ether oxygens (including phenoxy) is 1. The fourth-order valence-corrected chi connectivity index (χ4v) is 2.86. The Morgan fingerprint density at radius 1 is 1.23 bits per heavy atom. The van der Waals surface area contributed by atoms with Gasteiger partial charge in [-0.1, -0.05) is 30.3 Å². The molecular formula is C17H11N2O3. The number of anilines is 1. The van der Waals surface area contributed by atoms with E-state index in [-0.39, 0.29) is 5.91 Å². The Bertz CT molecular complexity index is 854. The van der Waals surface area contributed by atoms with E-state index in [0.29, 0.717) is 22.5 Å². The third kappa shape index (κ3) is 1.65. The Hall–Kier alpha value is -3.08. The highest BCUT2D eigenvalue weighted by Gasteiger charge is 2.38. The highest BCUT2D eigenvalue weighted by Crippen LogP contribution is 2.45. The molecule has 2 aliphatic rings. The summed E-state index contributed by atoms with van der Waals surface area (Å²) in [4.78, 5) is 23.9. The molecule has 0 bridgehead atoms. The summed E-state index contributed by atoms with van der Waals surface area (Å²) in [6, 6.07) is 15.4. The van der Waals surface area contributed by atoms with Crippen LogP contribution in [0.4, 0.5) is 5.69 Å². The van der Waals surface area contributed by atoms with Gasteiger partial charge in [-0.05, 0) is 18.2 Å². The zero-order valence-corrected chi connectivity index (χ0v) is 11.4. The third-order valence-electron chi connectivity index (χ3n) is 3.82. The molecule has 3 N–H and O–H groups in total. The molecule has 5 nitrogen and oxygen atoms in total. The van der Waals surface area contributed by atoms with Crippen molar-refractivity contribution in [2.45, 2.75) is 6.10 Å². The molecule has 22 heavy (non-hydrogen) atoms. The number of amides is 2. The maximum atomic E-state index is 12.3. The number of para-hydroxylation sites is 1. The first-order chi connectivity index (χ1) is 10.7. The lowest BCUT2D eigenvalue weighted by molar-refractivity contribution is -0.125. The molecule has 2 aromatic rings. The highest BCUT2D eigenvalue weighted by atomic mass is 16.5. The van der Waals surface area contributed by atoms with Crippen LogP contribution in [0.15, 0.2) is 42.5 Å². The first-order valence-corrected chi connectivity index (χ1v) is 6.78. The van der Waals surface area contributed by atoms with Gasteiger partial charge in [0.2, 0.25) is 6.10 Å². The van der Waals surface area contributed by atoms with Crippen molar-refractivity contribution in [3.8, 4) is 0 Å². The zero-order chi connectivity index (χ0) is 15.3. The number of rotatable bonds is 1. The van der Waals surface area contributed by atoms with Crippen molar-refractivity contribution in [3.05, 3.63) is 65.2 Å². The molecule has 0 saturated heterocycles. The fourth-order valence-electron chi connectivity index (χ4n) is 2.86. The number of nitrogens with two attached hydrogens (primary N) is 1. The van der Waals surface area contributed by atoms with Gasteiger partial charge in [0.05, 0.1) is 5.57 Å². The van der Waals surface area contributed by atoms with Gasteiger partial charge in [-0.25, -0.2) is 0 Å². The minimum atomic E-state index is -0.882. The smallest absolute Gasteiger partial charge is 0.263 e. The number of carbonyl (C=O) groups excluding carboxylic acids is 2. The van der Waals surface area contributed by atoms with E-state index in [1.807, 2.05) is 24.3 Å². The predicted molar refractivity (Wildman–Crippen MR) is 80.2 cm³/mol. The van der Waals surface area contributed by atoms with Gasteiger partial charge in [0.25, 0.3) is 11.8 Å². The molecule has 0 fully saturated rings. The molecule has 1 radical (unpaired) electrons. The molecule has 1 atom stereocenters. The van der Waals surface area contributed by atoms with E-state index in [9.17, 15) is 9.59 Å². The number of carbonyl (C=O) groups is 2. The van der Waals surface area contributed by atoms with Crippen LogP contribution < -0.4 is 11.1 Å². The van der Waals surface area contributed by atoms with Crippen molar-refractivity contribution in [2.75, 3.05) is 5.32 Å². The van der Waals surface area contributed by atoms with Gasteiger partial charge in [0, 0.05) is 22.4 Å². The van der Waals surface area contributed by atoms with E-state index in [4.69, 9.17) is 10.5 Å². The zero-order valence-electron chi connectivity index (χ0n) is 11.4. The predicted octanol–water partition coefficient (Wildman–Crippen LogP) is 1.86. The molecule has 0 saturated carbocycles. The molecule has 4 rings (SSSR count). The lowest BCUT2D eigenvalue weighted by atomic mass is 9.99. The minimum Gasteiger partial charge on any atom is -0.474 e. The van der Waals surface area contributed by atoms with Gasteiger partial charge in [0.1, 0.15) is 5.76 Å². The van der Waals surface area contributed by atoms with Gasteiger partial charge in [-0.2, -0.15) is 0 Å². The first kappa shape index (κ1) is 12.6. The van der Waals surface area contributed by atoms with Crippen LogP contribution in [0.25, 0.3) is 11.3 Å². The lowest BCUT2D eigenvalue weighted by Crippen LogP contribution is -2.20. The van der Waals surface area contributed by atoms with Crippen molar-refractivity contribution in [1.82, 2.24) is 0 Å². The minimum absolute atomic E-state index is 0.254. The van der Waals surface area contributed by atoms with Gasteiger partial charge >= 0.3 is 0 Å². The summed E-state index contributed by atoms with van der Waals surface area (Å²) in [5, 5.41) is 2.80. The average molecular weight is 291 g/mol. The van der Waals surface area contributed by atoms with Crippen molar-refractivity contribution >= 4 is 28.8 Å². The number of nitrogens with one attached hydrogen (secondary N) is 1. The largest absolute Gasteiger partial charge is 0.474 e. The van der Waals surface area contributed by atoms with Crippen LogP contribution in [0.3, 0.4) is 0 Å². The summed E-state index contributed by atoms with van der Waals surface area (Å²) in [7, 11) is 0. The second-order valence-corrected chi connectivity index (χ2v) is 5.12. The number of primary amides is 1.